The van der Waals surface area contributed by atoms with Crippen LogP contribution in [0.25, 0.3) is 0 Å². The maximum Gasteiger partial charge on any atom is 0.261 e. The molecule has 13 heavy (non-hydrogen) atoms. The first-order valence-electron chi connectivity index (χ1n) is 3.61. The van der Waals surface area contributed by atoms with Gasteiger partial charge in [0.2, 0.25) is 0 Å². The van der Waals surface area contributed by atoms with E-state index in [2.05, 4.69) is 4.72 Å². The monoisotopic (exact) mass is 198 g/mol. The standard InChI is InChI=1S/C8H10N2O2S/c9-6-7-10-13(11,12)8-4-2-1-3-5-8/h1-7,10H,9H2/b7-6+. The molecule has 0 heterocycles. The molecule has 0 saturated carbocycles. The number of nitrogens with two attached hydrogens (primary N) is 1. The van der Waals surface area contributed by atoms with Crippen molar-refractivity contribution in [2.45, 2.75) is 4.90 Å². The molecule has 0 atom stereocenters. The van der Waals surface area contributed by atoms with Gasteiger partial charge in [0, 0.05) is 12.4 Å². The highest BCUT2D eigenvalue weighted by atomic mass is 32.2. The van der Waals surface area contributed by atoms with Crippen molar-refractivity contribution in [1.82, 2.24) is 4.72 Å². The second kappa shape index (κ2) is 3.95. The van der Waals surface area contributed by atoms with Gasteiger partial charge in [0.15, 0.2) is 0 Å². The van der Waals surface area contributed by atoms with Gasteiger partial charge in [0.1, 0.15) is 0 Å². The Balaban J connectivity index is 2.95. The highest BCUT2D eigenvalue weighted by Crippen LogP contribution is 2.06. The summed E-state index contributed by atoms with van der Waals surface area (Å²) in [7, 11) is -3.44. The minimum Gasteiger partial charge on any atom is -0.403 e. The van der Waals surface area contributed by atoms with Gasteiger partial charge in [0.05, 0.1) is 4.90 Å². The van der Waals surface area contributed by atoms with Crippen molar-refractivity contribution in [1.29, 1.82) is 0 Å². The molecule has 1 aromatic carbocycles. The second-order valence-electron chi connectivity index (χ2n) is 2.29. The molecule has 0 spiro atoms. The van der Waals surface area contributed by atoms with Crippen molar-refractivity contribution in [3.05, 3.63) is 42.7 Å². The van der Waals surface area contributed by atoms with Crippen LogP contribution in [0.15, 0.2) is 47.6 Å². The maximum atomic E-state index is 11.4. The van der Waals surface area contributed by atoms with Crippen LogP contribution in [0.2, 0.25) is 0 Å². The van der Waals surface area contributed by atoms with Crippen molar-refractivity contribution in [3.63, 3.8) is 0 Å². The van der Waals surface area contributed by atoms with Crippen LogP contribution in [-0.4, -0.2) is 8.42 Å². The van der Waals surface area contributed by atoms with E-state index in [0.29, 0.717) is 0 Å². The van der Waals surface area contributed by atoms with Gasteiger partial charge in [-0.05, 0) is 12.1 Å². The van der Waals surface area contributed by atoms with Crippen LogP contribution in [-0.2, 0) is 10.0 Å². The van der Waals surface area contributed by atoms with E-state index in [4.69, 9.17) is 5.73 Å². The molecule has 4 nitrogen and oxygen atoms in total. The number of rotatable bonds is 3. The summed E-state index contributed by atoms with van der Waals surface area (Å²) in [6.07, 6.45) is 2.29. The van der Waals surface area contributed by atoms with E-state index in [-0.39, 0.29) is 4.90 Å². The third-order valence-corrected chi connectivity index (χ3v) is 2.71. The fraction of sp³-hybridized carbons (Fsp3) is 0. The molecule has 0 aliphatic heterocycles. The van der Waals surface area contributed by atoms with E-state index in [9.17, 15) is 8.42 Å². The zero-order chi connectivity index (χ0) is 9.73. The van der Waals surface area contributed by atoms with Crippen LogP contribution in [0.3, 0.4) is 0 Å². The zero-order valence-electron chi connectivity index (χ0n) is 6.84. The Hall–Kier alpha value is -1.49. The van der Waals surface area contributed by atoms with Crippen molar-refractivity contribution < 1.29 is 8.42 Å². The highest BCUT2D eigenvalue weighted by Gasteiger charge is 2.09. The summed E-state index contributed by atoms with van der Waals surface area (Å²) in [5, 5.41) is 0. The first-order valence-corrected chi connectivity index (χ1v) is 5.09. The van der Waals surface area contributed by atoms with Gasteiger partial charge in [-0.2, -0.15) is 0 Å². The van der Waals surface area contributed by atoms with Gasteiger partial charge in [0.25, 0.3) is 10.0 Å². The van der Waals surface area contributed by atoms with Gasteiger partial charge < -0.3 is 5.73 Å². The topological polar surface area (TPSA) is 72.2 Å². The average Bonchev–Trinajstić information content (AvgIpc) is 2.16. The third kappa shape index (κ3) is 2.48. The summed E-state index contributed by atoms with van der Waals surface area (Å²) >= 11 is 0. The van der Waals surface area contributed by atoms with Gasteiger partial charge in [-0.25, -0.2) is 8.42 Å². The molecule has 0 fully saturated rings. The molecule has 0 unspecified atom stereocenters. The lowest BCUT2D eigenvalue weighted by Gasteiger charge is -2.01. The molecule has 70 valence electrons. The van der Waals surface area contributed by atoms with E-state index < -0.39 is 10.0 Å². The molecule has 3 N–H and O–H groups in total. The average molecular weight is 198 g/mol. The van der Waals surface area contributed by atoms with E-state index in [1.165, 1.54) is 18.3 Å². The van der Waals surface area contributed by atoms with Gasteiger partial charge in [-0.1, -0.05) is 18.2 Å². The summed E-state index contributed by atoms with van der Waals surface area (Å²) in [5.74, 6) is 0. The molecule has 0 saturated heterocycles. The van der Waals surface area contributed by atoms with Gasteiger partial charge in [-0.3, -0.25) is 4.72 Å². The lowest BCUT2D eigenvalue weighted by atomic mass is 10.4. The Bertz CT molecular complexity index is 384. The minimum atomic E-state index is -3.44. The molecular formula is C8H10N2O2S. The highest BCUT2D eigenvalue weighted by molar-refractivity contribution is 7.89. The number of benzene rings is 1. The first kappa shape index (κ1) is 9.60. The molecule has 0 radical (unpaired) electrons. The van der Waals surface area contributed by atoms with E-state index in [1.807, 2.05) is 0 Å². The van der Waals surface area contributed by atoms with Crippen molar-refractivity contribution >= 4 is 10.0 Å². The smallest absolute Gasteiger partial charge is 0.261 e. The number of hydrogen-bond donors (Lipinski definition) is 2. The predicted octanol–water partition coefficient (Wildman–Crippen LogP) is 0.395. The van der Waals surface area contributed by atoms with Crippen LogP contribution in [0.5, 0.6) is 0 Å². The van der Waals surface area contributed by atoms with Crippen LogP contribution >= 0.6 is 0 Å². The van der Waals surface area contributed by atoms with Gasteiger partial charge >= 0.3 is 0 Å². The van der Waals surface area contributed by atoms with Crippen LogP contribution in [0.4, 0.5) is 0 Å². The Morgan fingerprint density at radius 1 is 1.23 bits per heavy atom. The summed E-state index contributed by atoms with van der Waals surface area (Å²) < 4.78 is 24.9. The molecular weight excluding hydrogens is 188 g/mol. The molecule has 0 bridgehead atoms. The zero-order valence-corrected chi connectivity index (χ0v) is 7.66. The first-order chi connectivity index (χ1) is 6.17. The lowest BCUT2D eigenvalue weighted by molar-refractivity contribution is 0.590. The van der Waals surface area contributed by atoms with E-state index in [1.54, 1.807) is 18.2 Å². The fourth-order valence-electron chi connectivity index (χ4n) is 0.797. The lowest BCUT2D eigenvalue weighted by Crippen LogP contribution is -2.17. The minimum absolute atomic E-state index is 0.216. The molecule has 0 aliphatic carbocycles. The molecule has 0 amide bonds. The molecule has 5 heteroatoms. The SMILES string of the molecule is N/C=C/NS(=O)(=O)c1ccccc1. The van der Waals surface area contributed by atoms with Crippen molar-refractivity contribution in [3.8, 4) is 0 Å². The Morgan fingerprint density at radius 2 is 1.85 bits per heavy atom. The normalized spacial score (nSPS) is 11.7. The fourth-order valence-corrected chi connectivity index (χ4v) is 1.71. The van der Waals surface area contributed by atoms with Crippen LogP contribution in [0.1, 0.15) is 0 Å². The number of hydrogen-bond acceptors (Lipinski definition) is 3. The Labute approximate surface area is 77.1 Å². The molecule has 1 aromatic rings. The van der Waals surface area contributed by atoms with Crippen molar-refractivity contribution in [2.75, 3.05) is 0 Å². The summed E-state index contributed by atoms with van der Waals surface area (Å²) in [5.41, 5.74) is 5.01. The maximum absolute atomic E-state index is 11.4. The molecule has 0 aromatic heterocycles. The summed E-state index contributed by atoms with van der Waals surface area (Å²) in [6.45, 7) is 0. The Morgan fingerprint density at radius 3 is 2.38 bits per heavy atom. The number of sulfonamides is 1. The second-order valence-corrected chi connectivity index (χ2v) is 4.01. The van der Waals surface area contributed by atoms with E-state index in [0.717, 1.165) is 6.20 Å². The summed E-state index contributed by atoms with van der Waals surface area (Å²) in [6, 6.07) is 8.07. The van der Waals surface area contributed by atoms with E-state index >= 15 is 0 Å². The third-order valence-electron chi connectivity index (χ3n) is 1.37. The molecule has 0 aliphatic rings. The largest absolute Gasteiger partial charge is 0.403 e. The van der Waals surface area contributed by atoms with Crippen molar-refractivity contribution in [2.24, 2.45) is 5.73 Å². The predicted molar refractivity (Wildman–Crippen MR) is 50.1 cm³/mol. The van der Waals surface area contributed by atoms with Gasteiger partial charge in [-0.15, -0.1) is 0 Å². The number of nitrogens with one attached hydrogen (secondary N) is 1. The van der Waals surface area contributed by atoms with Crippen LogP contribution < -0.4 is 10.5 Å². The summed E-state index contributed by atoms with van der Waals surface area (Å²) in [4.78, 5) is 0.216. The van der Waals surface area contributed by atoms with Crippen LogP contribution in [0, 0.1) is 0 Å². The molecule has 1 rings (SSSR count). The Kier molecular flexibility index (Phi) is 2.92. The quantitative estimate of drug-likeness (QED) is 0.738.